The summed E-state index contributed by atoms with van der Waals surface area (Å²) in [5.41, 5.74) is 2.70. The van der Waals surface area contributed by atoms with Gasteiger partial charge in [-0.2, -0.15) is 5.10 Å². The molecule has 0 unspecified atom stereocenters. The Kier molecular flexibility index (Phi) is 10.4. The highest BCUT2D eigenvalue weighted by atomic mass is 19.1. The van der Waals surface area contributed by atoms with Crippen LogP contribution in [0, 0.1) is 6.92 Å². The summed E-state index contributed by atoms with van der Waals surface area (Å²) in [7, 11) is 1.45. The number of carbonyl (C=O) groups is 2. The van der Waals surface area contributed by atoms with E-state index in [0.29, 0.717) is 22.6 Å². The minimum Gasteiger partial charge on any atom is -0.394 e. The number of nitrogens with zero attached hydrogens (tertiary/aromatic N) is 2. The third kappa shape index (κ3) is 7.65. The number of urea groups is 1. The highest BCUT2D eigenvalue weighted by Gasteiger charge is 2.19. The van der Waals surface area contributed by atoms with Crippen LogP contribution in [0.25, 0.3) is 5.69 Å². The van der Waals surface area contributed by atoms with Gasteiger partial charge in [0.15, 0.2) is 0 Å². The Hall–Kier alpha value is -3.72. The fraction of sp³-hybridized carbons (Fsp3) is 0.346. The van der Waals surface area contributed by atoms with E-state index in [1.54, 1.807) is 17.7 Å². The van der Waals surface area contributed by atoms with Crippen molar-refractivity contribution in [2.75, 3.05) is 19.0 Å². The molecule has 8 nitrogen and oxygen atoms in total. The zero-order valence-electron chi connectivity index (χ0n) is 20.9. The predicted molar refractivity (Wildman–Crippen MR) is 136 cm³/mol. The summed E-state index contributed by atoms with van der Waals surface area (Å²) >= 11 is 0. The van der Waals surface area contributed by atoms with Gasteiger partial charge in [-0.15, -0.1) is 0 Å². The molecule has 9 heteroatoms. The van der Waals surface area contributed by atoms with Crippen LogP contribution in [0.3, 0.4) is 0 Å². The zero-order valence-corrected chi connectivity index (χ0v) is 20.9. The molecule has 3 amide bonds. The van der Waals surface area contributed by atoms with Crippen LogP contribution in [-0.4, -0.2) is 46.5 Å². The van der Waals surface area contributed by atoms with Gasteiger partial charge in [0.1, 0.15) is 11.6 Å². The van der Waals surface area contributed by atoms with E-state index in [9.17, 15) is 19.1 Å². The van der Waals surface area contributed by atoms with Crippen LogP contribution in [-0.2, 0) is 11.2 Å². The number of aliphatic hydroxyl groups is 1. The summed E-state index contributed by atoms with van der Waals surface area (Å²) < 4.78 is 16.4. The molecule has 2 aromatic rings. The van der Waals surface area contributed by atoms with Crippen LogP contribution in [0.1, 0.15) is 38.4 Å². The Morgan fingerprint density at radius 2 is 1.94 bits per heavy atom. The number of halogens is 1. The standard InChI is InChI=1S/C26H34FN5O3/c1-6-7-11-20(14-22(27)18(3)25(34)28-5)15-23-19(4)24(30-26(35)29-17(2)16-33)32(31-23)21-12-9-8-10-13-21/h7-14,17,33H,6,15-16H2,1-5H3,(H,28,34)(H2,29,30,35)/b11-7-,20-14+,22-18-/t17-/m1/s1. The fourth-order valence-electron chi connectivity index (χ4n) is 3.21. The first kappa shape index (κ1) is 27.5. The lowest BCUT2D eigenvalue weighted by atomic mass is 10.0. The van der Waals surface area contributed by atoms with E-state index in [0.717, 1.165) is 12.1 Å². The second kappa shape index (κ2) is 13.2. The number of likely N-dealkylation sites (N-methyl/N-ethyl adjacent to an activating group) is 1. The average Bonchev–Trinajstić information content (AvgIpc) is 3.16. The lowest BCUT2D eigenvalue weighted by molar-refractivity contribution is -0.117. The van der Waals surface area contributed by atoms with E-state index in [1.807, 2.05) is 50.3 Å². The summed E-state index contributed by atoms with van der Waals surface area (Å²) in [5, 5.41) is 21.9. The van der Waals surface area contributed by atoms with Crippen molar-refractivity contribution < 1.29 is 19.1 Å². The Balaban J connectivity index is 2.52. The van der Waals surface area contributed by atoms with Crippen molar-refractivity contribution in [3.8, 4) is 5.69 Å². The van der Waals surface area contributed by atoms with Crippen LogP contribution in [0.5, 0.6) is 0 Å². The van der Waals surface area contributed by atoms with Gasteiger partial charge < -0.3 is 15.7 Å². The van der Waals surface area contributed by atoms with Gasteiger partial charge in [-0.1, -0.05) is 37.3 Å². The van der Waals surface area contributed by atoms with Crippen LogP contribution in [0.4, 0.5) is 15.0 Å². The maximum atomic E-state index is 14.8. The van der Waals surface area contributed by atoms with Crippen LogP contribution >= 0.6 is 0 Å². The Morgan fingerprint density at radius 3 is 2.54 bits per heavy atom. The molecule has 0 bridgehead atoms. The summed E-state index contributed by atoms with van der Waals surface area (Å²) in [6.07, 6.45) is 6.08. The number of allylic oxidation sites excluding steroid dienone is 5. The largest absolute Gasteiger partial charge is 0.394 e. The number of anilines is 1. The molecule has 188 valence electrons. The molecule has 1 aromatic heterocycles. The molecule has 0 radical (unpaired) electrons. The number of rotatable bonds is 10. The van der Waals surface area contributed by atoms with E-state index in [1.165, 1.54) is 20.0 Å². The van der Waals surface area contributed by atoms with Gasteiger partial charge in [0.05, 0.1) is 24.0 Å². The number of aliphatic hydroxyl groups excluding tert-OH is 1. The number of benzene rings is 1. The number of amides is 3. The number of hydrogen-bond acceptors (Lipinski definition) is 4. The zero-order chi connectivity index (χ0) is 26.0. The molecule has 4 N–H and O–H groups in total. The predicted octanol–water partition coefficient (Wildman–Crippen LogP) is 4.11. The fourth-order valence-corrected chi connectivity index (χ4v) is 3.21. The van der Waals surface area contributed by atoms with Gasteiger partial charge in [-0.05, 0) is 51.0 Å². The smallest absolute Gasteiger partial charge is 0.320 e. The van der Waals surface area contributed by atoms with Gasteiger partial charge in [0.25, 0.3) is 0 Å². The van der Waals surface area contributed by atoms with E-state index in [-0.39, 0.29) is 18.6 Å². The average molecular weight is 484 g/mol. The van der Waals surface area contributed by atoms with Crippen LogP contribution < -0.4 is 16.0 Å². The SMILES string of the molecule is CC\C=C/C(=C\C(F)=C(/C)C(=O)NC)Cc1nn(-c2ccccc2)c(NC(=O)N[C@H](C)CO)c1C. The van der Waals surface area contributed by atoms with Crippen molar-refractivity contribution in [2.24, 2.45) is 0 Å². The second-order valence-corrected chi connectivity index (χ2v) is 8.11. The topological polar surface area (TPSA) is 108 Å². The van der Waals surface area contributed by atoms with E-state index in [4.69, 9.17) is 5.10 Å². The molecule has 0 spiro atoms. The Labute approximate surface area is 205 Å². The normalized spacial score (nSPS) is 13.4. The maximum absolute atomic E-state index is 14.8. The quantitative estimate of drug-likeness (QED) is 0.301. The van der Waals surface area contributed by atoms with Crippen molar-refractivity contribution in [2.45, 2.75) is 46.6 Å². The molecule has 1 heterocycles. The van der Waals surface area contributed by atoms with Crippen LogP contribution in [0.15, 0.2) is 65.5 Å². The van der Waals surface area contributed by atoms with E-state index >= 15 is 0 Å². The molecule has 2 rings (SSSR count). The van der Waals surface area contributed by atoms with Crippen molar-refractivity contribution >= 4 is 17.8 Å². The van der Waals surface area contributed by atoms with Gasteiger partial charge in [0.2, 0.25) is 5.91 Å². The molecule has 0 saturated carbocycles. The van der Waals surface area contributed by atoms with Gasteiger partial charge in [-0.25, -0.2) is 13.9 Å². The number of carbonyl (C=O) groups excluding carboxylic acids is 2. The summed E-state index contributed by atoms with van der Waals surface area (Å²) in [6, 6.07) is 8.42. The highest BCUT2D eigenvalue weighted by molar-refractivity contribution is 5.93. The first-order valence-corrected chi connectivity index (χ1v) is 11.5. The molecule has 0 saturated heterocycles. The van der Waals surface area contributed by atoms with Crippen molar-refractivity contribution in [3.63, 3.8) is 0 Å². The monoisotopic (exact) mass is 483 g/mol. The summed E-state index contributed by atoms with van der Waals surface area (Å²) in [5.74, 6) is -0.655. The first-order chi connectivity index (χ1) is 16.7. The lowest BCUT2D eigenvalue weighted by Crippen LogP contribution is -2.38. The molecule has 0 aliphatic heterocycles. The molecule has 1 aromatic carbocycles. The molecule has 0 aliphatic rings. The Morgan fingerprint density at radius 1 is 1.26 bits per heavy atom. The van der Waals surface area contributed by atoms with Crippen molar-refractivity contribution in [1.29, 1.82) is 0 Å². The number of para-hydroxylation sites is 1. The molecular formula is C26H34FN5O3. The Bertz CT molecular complexity index is 1120. The summed E-state index contributed by atoms with van der Waals surface area (Å²) in [6.45, 7) is 6.72. The maximum Gasteiger partial charge on any atom is 0.320 e. The van der Waals surface area contributed by atoms with E-state index in [2.05, 4.69) is 16.0 Å². The molecule has 0 fully saturated rings. The van der Waals surface area contributed by atoms with Gasteiger partial charge >= 0.3 is 6.03 Å². The van der Waals surface area contributed by atoms with Crippen molar-refractivity contribution in [3.05, 3.63) is 76.8 Å². The first-order valence-electron chi connectivity index (χ1n) is 11.5. The molecular weight excluding hydrogens is 449 g/mol. The summed E-state index contributed by atoms with van der Waals surface area (Å²) in [4.78, 5) is 24.3. The molecule has 35 heavy (non-hydrogen) atoms. The molecule has 1 atom stereocenters. The third-order valence-electron chi connectivity index (χ3n) is 5.28. The van der Waals surface area contributed by atoms with Crippen molar-refractivity contribution in [1.82, 2.24) is 20.4 Å². The number of nitrogens with one attached hydrogen (secondary N) is 3. The van der Waals surface area contributed by atoms with Gasteiger partial charge in [0, 0.05) is 24.6 Å². The number of aromatic nitrogens is 2. The van der Waals surface area contributed by atoms with Gasteiger partial charge in [-0.3, -0.25) is 10.1 Å². The third-order valence-corrected chi connectivity index (χ3v) is 5.28. The lowest BCUT2D eigenvalue weighted by Gasteiger charge is -2.14. The minimum atomic E-state index is -0.629. The minimum absolute atomic E-state index is 0.0153. The van der Waals surface area contributed by atoms with Crippen LogP contribution in [0.2, 0.25) is 0 Å². The second-order valence-electron chi connectivity index (χ2n) is 8.11. The molecule has 0 aliphatic carbocycles. The van der Waals surface area contributed by atoms with E-state index < -0.39 is 23.8 Å². The highest BCUT2D eigenvalue weighted by Crippen LogP contribution is 2.26. The number of hydrogen-bond donors (Lipinski definition) is 4.